The van der Waals surface area contributed by atoms with Crippen LogP contribution < -0.4 is 30.2 Å². The van der Waals surface area contributed by atoms with Crippen molar-refractivity contribution in [3.05, 3.63) is 72.3 Å². The molecule has 226 valence electrons. The van der Waals surface area contributed by atoms with Crippen LogP contribution in [0.3, 0.4) is 0 Å². The van der Waals surface area contributed by atoms with Crippen LogP contribution in [0.4, 0.5) is 26.7 Å². The van der Waals surface area contributed by atoms with E-state index < -0.39 is 18.2 Å². The first-order valence-electron chi connectivity index (χ1n) is 14.0. The summed E-state index contributed by atoms with van der Waals surface area (Å²) in [6.45, 7) is 4.05. The summed E-state index contributed by atoms with van der Waals surface area (Å²) in [7, 11) is 1.66. The van der Waals surface area contributed by atoms with E-state index in [1.807, 2.05) is 25.1 Å². The molecule has 0 saturated carbocycles. The number of nitrogens with zero attached hydrogens (tertiary/aromatic N) is 2. The maximum Gasteiger partial charge on any atom is 0.323 e. The van der Waals surface area contributed by atoms with E-state index in [1.165, 1.54) is 4.90 Å². The van der Waals surface area contributed by atoms with Gasteiger partial charge in [-0.3, -0.25) is 4.79 Å². The van der Waals surface area contributed by atoms with Gasteiger partial charge in [0.2, 0.25) is 6.79 Å². The number of benzene rings is 3. The largest absolute Gasteiger partial charge is 0.485 e. The van der Waals surface area contributed by atoms with E-state index in [4.69, 9.17) is 14.2 Å². The molecule has 2 aliphatic rings. The highest BCUT2D eigenvalue weighted by molar-refractivity contribution is 6.04. The Hall–Kier alpha value is -4.97. The van der Waals surface area contributed by atoms with Crippen LogP contribution >= 0.6 is 0 Å². The molecule has 12 nitrogen and oxygen atoms in total. The number of rotatable bonds is 7. The third-order valence-electron chi connectivity index (χ3n) is 7.40. The molecule has 2 aliphatic heterocycles. The predicted molar refractivity (Wildman–Crippen MR) is 161 cm³/mol. The summed E-state index contributed by atoms with van der Waals surface area (Å²) in [6.07, 6.45) is -0.563. The Bertz CT molecular complexity index is 1480. The summed E-state index contributed by atoms with van der Waals surface area (Å²) >= 11 is 0. The fourth-order valence-corrected chi connectivity index (χ4v) is 4.91. The van der Waals surface area contributed by atoms with Crippen molar-refractivity contribution in [2.24, 2.45) is 5.92 Å². The Morgan fingerprint density at radius 1 is 1.00 bits per heavy atom. The first-order valence-corrected chi connectivity index (χ1v) is 14.0. The molecule has 0 saturated heterocycles. The monoisotopic (exact) mass is 589 g/mol. The average molecular weight is 590 g/mol. The van der Waals surface area contributed by atoms with Crippen molar-refractivity contribution in [1.29, 1.82) is 0 Å². The molecular formula is C31H35N5O7. The van der Waals surface area contributed by atoms with Crippen LogP contribution in [-0.4, -0.2) is 78.6 Å². The minimum atomic E-state index is -0.563. The van der Waals surface area contributed by atoms with E-state index >= 15 is 0 Å². The van der Waals surface area contributed by atoms with Crippen molar-refractivity contribution in [1.82, 2.24) is 9.80 Å². The molecule has 3 aromatic carbocycles. The average Bonchev–Trinajstić information content (AvgIpc) is 3.47. The van der Waals surface area contributed by atoms with Crippen molar-refractivity contribution in [2.45, 2.75) is 26.0 Å². The Kier molecular flexibility index (Phi) is 8.86. The molecule has 0 spiro atoms. The highest BCUT2D eigenvalue weighted by atomic mass is 16.7. The van der Waals surface area contributed by atoms with Gasteiger partial charge in [-0.2, -0.15) is 0 Å². The van der Waals surface area contributed by atoms with E-state index in [9.17, 15) is 19.5 Å². The number of nitrogens with one attached hydrogen (secondary N) is 3. The van der Waals surface area contributed by atoms with Crippen molar-refractivity contribution < 1.29 is 33.7 Å². The Morgan fingerprint density at radius 2 is 1.77 bits per heavy atom. The van der Waals surface area contributed by atoms with Crippen molar-refractivity contribution in [2.75, 3.05) is 49.5 Å². The summed E-state index contributed by atoms with van der Waals surface area (Å²) in [4.78, 5) is 42.9. The summed E-state index contributed by atoms with van der Waals surface area (Å²) in [5.41, 5.74) is 1.65. The number of fused-ring (bicyclic) bond motifs is 2. The number of aliphatic hydroxyl groups is 1. The minimum Gasteiger partial charge on any atom is -0.485 e. The highest BCUT2D eigenvalue weighted by Gasteiger charge is 2.35. The van der Waals surface area contributed by atoms with Crippen LogP contribution in [0, 0.1) is 5.92 Å². The van der Waals surface area contributed by atoms with Crippen LogP contribution in [0.1, 0.15) is 24.2 Å². The van der Waals surface area contributed by atoms with Crippen molar-refractivity contribution in [3.63, 3.8) is 0 Å². The van der Waals surface area contributed by atoms with Crippen molar-refractivity contribution >= 4 is 35.0 Å². The molecule has 0 aromatic heterocycles. The van der Waals surface area contributed by atoms with Crippen molar-refractivity contribution in [3.8, 4) is 17.2 Å². The summed E-state index contributed by atoms with van der Waals surface area (Å²) in [6, 6.07) is 17.7. The van der Waals surface area contributed by atoms with Gasteiger partial charge < -0.3 is 45.1 Å². The lowest BCUT2D eigenvalue weighted by Gasteiger charge is -2.38. The van der Waals surface area contributed by atoms with Crippen LogP contribution in [0.15, 0.2) is 66.7 Å². The number of para-hydroxylation sites is 2. The Balaban J connectivity index is 1.40. The standard InChI is InChI=1S/C31H35N5O7/c1-19-15-36(20(2)17-37)29(38)23-10-7-11-24(34-30(39)32-22-12-13-25-26(14-22)42-18-41-25)28(23)43-27(19)16-35(3)31(40)33-21-8-5-4-6-9-21/h4-14,19-20,27,37H,15-18H2,1-3H3,(H,33,40)(H2,32,34,39)/t19-,20+,27+/m0/s1. The Labute approximate surface area is 249 Å². The van der Waals surface area contributed by atoms with E-state index in [-0.39, 0.29) is 54.8 Å². The molecular weight excluding hydrogens is 554 g/mol. The van der Waals surface area contributed by atoms with Gasteiger partial charge in [-0.25, -0.2) is 9.59 Å². The molecule has 0 fully saturated rings. The zero-order valence-electron chi connectivity index (χ0n) is 24.2. The smallest absolute Gasteiger partial charge is 0.323 e. The predicted octanol–water partition coefficient (Wildman–Crippen LogP) is 4.44. The van der Waals surface area contributed by atoms with E-state index in [0.717, 1.165) is 0 Å². The molecule has 3 atom stereocenters. The number of aliphatic hydroxyl groups excluding tert-OH is 1. The number of anilines is 3. The first kappa shape index (κ1) is 29.5. The first-order chi connectivity index (χ1) is 20.7. The van der Waals surface area contributed by atoms with E-state index in [2.05, 4.69) is 16.0 Å². The van der Waals surface area contributed by atoms with Gasteiger partial charge in [0.15, 0.2) is 17.2 Å². The normalized spacial score (nSPS) is 18.0. The fraction of sp³-hybridized carbons (Fsp3) is 0.323. The summed E-state index contributed by atoms with van der Waals surface area (Å²) in [5.74, 6) is 0.709. The van der Waals surface area contributed by atoms with Gasteiger partial charge in [-0.05, 0) is 43.3 Å². The molecule has 0 radical (unpaired) electrons. The maximum atomic E-state index is 13.7. The quantitative estimate of drug-likeness (QED) is 0.319. The number of urea groups is 2. The molecule has 0 bridgehead atoms. The SMILES string of the molecule is C[C@H](CO)N1C[C@H](C)[C@@H](CN(C)C(=O)Nc2ccccc2)Oc2c(NC(=O)Nc3ccc4c(c3)OCO4)cccc2C1=O. The summed E-state index contributed by atoms with van der Waals surface area (Å²) in [5, 5.41) is 18.4. The second-order valence-electron chi connectivity index (χ2n) is 10.6. The van der Waals surface area contributed by atoms with Gasteiger partial charge in [0, 0.05) is 37.0 Å². The fourth-order valence-electron chi connectivity index (χ4n) is 4.91. The van der Waals surface area contributed by atoms with E-state index in [0.29, 0.717) is 29.4 Å². The number of ether oxygens (including phenoxy) is 3. The molecule has 2 heterocycles. The van der Waals surface area contributed by atoms with Crippen LogP contribution in [0.5, 0.6) is 17.2 Å². The number of carbonyl (C=O) groups excluding carboxylic acids is 3. The second kappa shape index (κ2) is 12.9. The maximum absolute atomic E-state index is 13.7. The van der Waals surface area contributed by atoms with Gasteiger partial charge in [0.1, 0.15) is 6.10 Å². The molecule has 3 aromatic rings. The van der Waals surface area contributed by atoms with Gasteiger partial charge in [-0.1, -0.05) is 31.2 Å². The molecule has 5 rings (SSSR count). The van der Waals surface area contributed by atoms with Gasteiger partial charge >= 0.3 is 12.1 Å². The lowest BCUT2D eigenvalue weighted by atomic mass is 9.99. The molecule has 0 aliphatic carbocycles. The molecule has 5 amide bonds. The zero-order chi connectivity index (χ0) is 30.5. The number of hydrogen-bond donors (Lipinski definition) is 4. The van der Waals surface area contributed by atoms with Gasteiger partial charge in [0.25, 0.3) is 5.91 Å². The minimum absolute atomic E-state index is 0.112. The van der Waals surface area contributed by atoms with Crippen LogP contribution in [0.2, 0.25) is 0 Å². The van der Waals surface area contributed by atoms with E-state index in [1.54, 1.807) is 67.4 Å². The summed E-state index contributed by atoms with van der Waals surface area (Å²) < 4.78 is 17.2. The number of amides is 5. The lowest BCUT2D eigenvalue weighted by molar-refractivity contribution is 0.0373. The number of hydrogen-bond acceptors (Lipinski definition) is 7. The number of carbonyl (C=O) groups is 3. The topological polar surface area (TPSA) is 142 Å². The Morgan fingerprint density at radius 3 is 2.53 bits per heavy atom. The van der Waals surface area contributed by atoms with Crippen LogP contribution in [0.25, 0.3) is 0 Å². The number of likely N-dealkylation sites (N-methyl/N-ethyl adjacent to an activating group) is 1. The lowest BCUT2D eigenvalue weighted by Crippen LogP contribution is -2.50. The van der Waals surface area contributed by atoms with Crippen LogP contribution in [-0.2, 0) is 0 Å². The third kappa shape index (κ3) is 6.75. The molecule has 4 N–H and O–H groups in total. The second-order valence-corrected chi connectivity index (χ2v) is 10.6. The third-order valence-corrected chi connectivity index (χ3v) is 7.40. The molecule has 43 heavy (non-hydrogen) atoms. The molecule has 0 unspecified atom stereocenters. The highest BCUT2D eigenvalue weighted by Crippen LogP contribution is 2.36. The molecule has 12 heteroatoms. The zero-order valence-corrected chi connectivity index (χ0v) is 24.2. The van der Waals surface area contributed by atoms with Gasteiger partial charge in [0.05, 0.1) is 30.4 Å². The van der Waals surface area contributed by atoms with Gasteiger partial charge in [-0.15, -0.1) is 0 Å².